The fourth-order valence-electron chi connectivity index (χ4n) is 2.36. The van der Waals surface area contributed by atoms with Crippen LogP contribution in [0.15, 0.2) is 42.0 Å². The zero-order valence-corrected chi connectivity index (χ0v) is 10.1. The molecule has 0 radical (unpaired) electrons. The molecule has 0 saturated carbocycles. The first kappa shape index (κ1) is 11.4. The minimum Gasteiger partial charge on any atom is -0.307 e. The molecule has 0 heterocycles. The Morgan fingerprint density at radius 1 is 1.25 bits per heavy atom. The normalized spacial score (nSPS) is 17.2. The molecular weight excluding hydrogens is 194 g/mol. The third-order valence-corrected chi connectivity index (χ3v) is 3.18. The molecule has 1 aromatic rings. The summed E-state index contributed by atoms with van der Waals surface area (Å²) in [6.45, 7) is 3.31. The Morgan fingerprint density at radius 3 is 2.69 bits per heavy atom. The molecule has 1 N–H and O–H groups in total. The molecule has 1 aromatic carbocycles. The second-order valence-electron chi connectivity index (χ2n) is 4.47. The molecule has 0 saturated heterocycles. The molecule has 86 valence electrons. The van der Waals surface area contributed by atoms with Gasteiger partial charge < -0.3 is 5.32 Å². The lowest BCUT2D eigenvalue weighted by Gasteiger charge is -2.20. The Balaban J connectivity index is 2.14. The summed E-state index contributed by atoms with van der Waals surface area (Å²) in [7, 11) is 0. The Kier molecular flexibility index (Phi) is 4.17. The van der Waals surface area contributed by atoms with E-state index in [1.807, 2.05) is 0 Å². The van der Waals surface area contributed by atoms with Gasteiger partial charge in [0.25, 0.3) is 0 Å². The van der Waals surface area contributed by atoms with Crippen LogP contribution in [0.5, 0.6) is 0 Å². The van der Waals surface area contributed by atoms with Gasteiger partial charge in [0.15, 0.2) is 0 Å². The summed E-state index contributed by atoms with van der Waals surface area (Å²) in [5.41, 5.74) is 2.99. The Morgan fingerprint density at radius 2 is 2.06 bits per heavy atom. The molecule has 0 fully saturated rings. The molecule has 0 aliphatic heterocycles. The van der Waals surface area contributed by atoms with Crippen molar-refractivity contribution in [3.63, 3.8) is 0 Å². The van der Waals surface area contributed by atoms with E-state index in [1.54, 1.807) is 5.57 Å². The van der Waals surface area contributed by atoms with E-state index in [-0.39, 0.29) is 0 Å². The molecule has 0 spiro atoms. The third-order valence-electron chi connectivity index (χ3n) is 3.18. The van der Waals surface area contributed by atoms with E-state index in [0.717, 1.165) is 6.54 Å². The van der Waals surface area contributed by atoms with Crippen molar-refractivity contribution in [1.82, 2.24) is 5.32 Å². The Bertz CT molecular complexity index is 340. The molecule has 1 aliphatic carbocycles. The summed E-state index contributed by atoms with van der Waals surface area (Å²) < 4.78 is 0. The van der Waals surface area contributed by atoms with E-state index in [0.29, 0.717) is 6.04 Å². The van der Waals surface area contributed by atoms with Crippen molar-refractivity contribution >= 4 is 0 Å². The molecular formula is C15H21N. The van der Waals surface area contributed by atoms with E-state index in [4.69, 9.17) is 0 Å². The minimum absolute atomic E-state index is 0.448. The average Bonchev–Trinajstić information content (AvgIpc) is 2.85. The van der Waals surface area contributed by atoms with E-state index >= 15 is 0 Å². The Hall–Kier alpha value is -1.08. The molecule has 2 rings (SSSR count). The molecule has 1 heteroatoms. The van der Waals surface area contributed by atoms with Gasteiger partial charge in [-0.15, -0.1) is 0 Å². The minimum atomic E-state index is 0.448. The van der Waals surface area contributed by atoms with Gasteiger partial charge in [0.1, 0.15) is 0 Å². The van der Waals surface area contributed by atoms with Gasteiger partial charge in [-0.2, -0.15) is 0 Å². The predicted octanol–water partition coefficient (Wildman–Crippen LogP) is 3.84. The maximum atomic E-state index is 3.66. The van der Waals surface area contributed by atoms with Crippen LogP contribution in [-0.2, 0) is 0 Å². The lowest BCUT2D eigenvalue weighted by Crippen LogP contribution is -2.23. The smallest absolute Gasteiger partial charge is 0.0536 e. The molecule has 16 heavy (non-hydrogen) atoms. The summed E-state index contributed by atoms with van der Waals surface area (Å²) >= 11 is 0. The highest BCUT2D eigenvalue weighted by atomic mass is 14.9. The lowest BCUT2D eigenvalue weighted by atomic mass is 9.98. The number of hydrogen-bond acceptors (Lipinski definition) is 1. The van der Waals surface area contributed by atoms with Crippen LogP contribution in [0.3, 0.4) is 0 Å². The summed E-state index contributed by atoms with van der Waals surface area (Å²) in [6.07, 6.45) is 7.45. The van der Waals surface area contributed by atoms with E-state index in [9.17, 15) is 0 Å². The topological polar surface area (TPSA) is 12.0 Å². The van der Waals surface area contributed by atoms with Crippen molar-refractivity contribution < 1.29 is 0 Å². The van der Waals surface area contributed by atoms with Crippen LogP contribution in [0.25, 0.3) is 0 Å². The highest BCUT2D eigenvalue weighted by Crippen LogP contribution is 2.30. The zero-order valence-electron chi connectivity index (χ0n) is 10.1. The monoisotopic (exact) mass is 215 g/mol. The van der Waals surface area contributed by atoms with Crippen LogP contribution in [0.1, 0.15) is 44.2 Å². The largest absolute Gasteiger partial charge is 0.307 e. The standard InChI is InChI=1S/C15H21N/c1-2-12-16-15(14-10-6-7-11-14)13-8-4-3-5-9-13/h3-5,8-10,15-16H,2,6-7,11-12H2,1H3. The van der Waals surface area contributed by atoms with Gasteiger partial charge >= 0.3 is 0 Å². The number of benzene rings is 1. The number of rotatable bonds is 5. The summed E-state index contributed by atoms with van der Waals surface area (Å²) in [5, 5.41) is 3.66. The van der Waals surface area contributed by atoms with Crippen molar-refractivity contribution in [1.29, 1.82) is 0 Å². The number of nitrogens with one attached hydrogen (secondary N) is 1. The van der Waals surface area contributed by atoms with Crippen molar-refractivity contribution in [2.45, 2.75) is 38.6 Å². The molecule has 1 atom stereocenters. The Labute approximate surface area is 98.6 Å². The van der Waals surface area contributed by atoms with Crippen molar-refractivity contribution in [2.24, 2.45) is 0 Å². The van der Waals surface area contributed by atoms with Gasteiger partial charge in [-0.25, -0.2) is 0 Å². The van der Waals surface area contributed by atoms with Gasteiger partial charge in [0, 0.05) is 0 Å². The van der Waals surface area contributed by atoms with Crippen molar-refractivity contribution in [3.8, 4) is 0 Å². The average molecular weight is 215 g/mol. The van der Waals surface area contributed by atoms with E-state index in [1.165, 1.54) is 31.2 Å². The first-order chi connectivity index (χ1) is 7.92. The van der Waals surface area contributed by atoms with Gasteiger partial charge in [0.2, 0.25) is 0 Å². The highest BCUT2D eigenvalue weighted by Gasteiger charge is 2.17. The van der Waals surface area contributed by atoms with Crippen LogP contribution in [-0.4, -0.2) is 6.54 Å². The van der Waals surface area contributed by atoms with E-state index < -0.39 is 0 Å². The third kappa shape index (κ3) is 2.73. The SMILES string of the molecule is CCCNC(C1=CCCC1)c1ccccc1. The second kappa shape index (κ2) is 5.86. The fraction of sp³-hybridized carbons (Fsp3) is 0.467. The zero-order chi connectivity index (χ0) is 11.2. The second-order valence-corrected chi connectivity index (χ2v) is 4.47. The highest BCUT2D eigenvalue weighted by molar-refractivity contribution is 5.29. The maximum Gasteiger partial charge on any atom is 0.0536 e. The van der Waals surface area contributed by atoms with Crippen LogP contribution in [0.4, 0.5) is 0 Å². The summed E-state index contributed by atoms with van der Waals surface area (Å²) in [4.78, 5) is 0. The molecule has 1 aliphatic rings. The fourth-order valence-corrected chi connectivity index (χ4v) is 2.36. The predicted molar refractivity (Wildman–Crippen MR) is 69.4 cm³/mol. The first-order valence-electron chi connectivity index (χ1n) is 6.39. The van der Waals surface area contributed by atoms with Crippen LogP contribution in [0, 0.1) is 0 Å². The number of allylic oxidation sites excluding steroid dienone is 1. The summed E-state index contributed by atoms with van der Waals surface area (Å²) in [6, 6.07) is 11.3. The van der Waals surface area contributed by atoms with Crippen molar-refractivity contribution in [2.75, 3.05) is 6.54 Å². The van der Waals surface area contributed by atoms with Gasteiger partial charge in [-0.05, 0) is 37.8 Å². The quantitative estimate of drug-likeness (QED) is 0.736. The molecule has 0 aromatic heterocycles. The summed E-state index contributed by atoms with van der Waals surface area (Å²) in [5.74, 6) is 0. The van der Waals surface area contributed by atoms with Gasteiger partial charge in [-0.1, -0.05) is 48.9 Å². The van der Waals surface area contributed by atoms with Crippen molar-refractivity contribution in [3.05, 3.63) is 47.5 Å². The van der Waals surface area contributed by atoms with Crippen LogP contribution < -0.4 is 5.32 Å². The molecule has 1 unspecified atom stereocenters. The van der Waals surface area contributed by atoms with Gasteiger partial charge in [0.05, 0.1) is 6.04 Å². The maximum absolute atomic E-state index is 3.66. The van der Waals surface area contributed by atoms with Crippen LogP contribution >= 0.6 is 0 Å². The number of hydrogen-bond donors (Lipinski definition) is 1. The first-order valence-corrected chi connectivity index (χ1v) is 6.39. The lowest BCUT2D eigenvalue weighted by molar-refractivity contribution is 0.578. The van der Waals surface area contributed by atoms with Crippen LogP contribution in [0.2, 0.25) is 0 Å². The molecule has 1 nitrogen and oxygen atoms in total. The van der Waals surface area contributed by atoms with E-state index in [2.05, 4.69) is 48.6 Å². The van der Waals surface area contributed by atoms with Gasteiger partial charge in [-0.3, -0.25) is 0 Å². The molecule has 0 amide bonds. The molecule has 0 bridgehead atoms.